The molecule has 0 bridgehead atoms. The molecule has 1 heterocycles. The van der Waals surface area contributed by atoms with Crippen LogP contribution in [-0.2, 0) is 4.79 Å². The van der Waals surface area contributed by atoms with Crippen molar-refractivity contribution in [2.24, 2.45) is 0 Å². The van der Waals surface area contributed by atoms with Gasteiger partial charge in [-0.25, -0.2) is 4.98 Å². The minimum atomic E-state index is -0.714. The Morgan fingerprint density at radius 2 is 2.11 bits per heavy atom. The zero-order chi connectivity index (χ0) is 12.8. The molecular formula is C13H16N2O2S. The van der Waals surface area contributed by atoms with Gasteiger partial charge in [0.2, 0.25) is 0 Å². The first-order chi connectivity index (χ1) is 8.75. The van der Waals surface area contributed by atoms with Crippen LogP contribution < -0.4 is 5.32 Å². The fourth-order valence-corrected chi connectivity index (χ4v) is 2.61. The van der Waals surface area contributed by atoms with Crippen LogP contribution in [0.15, 0.2) is 24.3 Å². The molecule has 0 unspecified atom stereocenters. The van der Waals surface area contributed by atoms with Gasteiger partial charge in [-0.3, -0.25) is 4.79 Å². The number of carboxylic acid groups (broad SMARTS) is 1. The van der Waals surface area contributed by atoms with Crippen molar-refractivity contribution < 1.29 is 9.90 Å². The van der Waals surface area contributed by atoms with Crippen LogP contribution in [0.25, 0.3) is 10.2 Å². The Hall–Kier alpha value is -1.62. The Labute approximate surface area is 110 Å². The zero-order valence-electron chi connectivity index (χ0n) is 10.1. The Morgan fingerprint density at radius 3 is 2.89 bits per heavy atom. The third-order valence-electron chi connectivity index (χ3n) is 2.64. The molecule has 5 heteroatoms. The highest BCUT2D eigenvalue weighted by molar-refractivity contribution is 7.22. The van der Waals surface area contributed by atoms with E-state index in [4.69, 9.17) is 5.11 Å². The minimum absolute atomic E-state index is 0.265. The van der Waals surface area contributed by atoms with Crippen molar-refractivity contribution in [3.05, 3.63) is 24.3 Å². The van der Waals surface area contributed by atoms with Crippen molar-refractivity contribution in [1.29, 1.82) is 0 Å². The average Bonchev–Trinajstić information content (AvgIpc) is 2.75. The first kappa shape index (κ1) is 12.8. The summed E-state index contributed by atoms with van der Waals surface area (Å²) in [5.74, 6) is -0.714. The number of hydrogen-bond acceptors (Lipinski definition) is 4. The number of hydrogen-bond donors (Lipinski definition) is 2. The fourth-order valence-electron chi connectivity index (χ4n) is 1.72. The number of nitrogens with one attached hydrogen (secondary N) is 1. The lowest BCUT2D eigenvalue weighted by atomic mass is 10.2. The molecule has 0 aliphatic rings. The van der Waals surface area contributed by atoms with E-state index in [0.29, 0.717) is 0 Å². The summed E-state index contributed by atoms with van der Waals surface area (Å²) < 4.78 is 1.19. The van der Waals surface area contributed by atoms with Gasteiger partial charge < -0.3 is 10.4 Å². The van der Waals surface area contributed by atoms with Crippen LogP contribution in [0, 0.1) is 0 Å². The third-order valence-corrected chi connectivity index (χ3v) is 3.63. The number of anilines is 1. The Morgan fingerprint density at radius 1 is 1.28 bits per heavy atom. The summed E-state index contributed by atoms with van der Waals surface area (Å²) in [6.07, 6.45) is 2.92. The molecule has 0 fully saturated rings. The van der Waals surface area contributed by atoms with Crippen molar-refractivity contribution in [2.75, 3.05) is 11.9 Å². The van der Waals surface area contributed by atoms with Gasteiger partial charge in [0, 0.05) is 13.0 Å². The number of aliphatic carboxylic acids is 1. The number of unbranched alkanes of at least 4 members (excludes halogenated alkanes) is 2. The zero-order valence-corrected chi connectivity index (χ0v) is 10.9. The second-order valence-electron chi connectivity index (χ2n) is 4.12. The summed E-state index contributed by atoms with van der Waals surface area (Å²) >= 11 is 1.65. The number of rotatable bonds is 7. The predicted molar refractivity (Wildman–Crippen MR) is 74.2 cm³/mol. The molecule has 1 aromatic carbocycles. The van der Waals surface area contributed by atoms with Gasteiger partial charge in [-0.15, -0.1) is 0 Å². The van der Waals surface area contributed by atoms with E-state index in [1.54, 1.807) is 11.3 Å². The van der Waals surface area contributed by atoms with Gasteiger partial charge in [0.15, 0.2) is 5.13 Å². The molecule has 1 aromatic heterocycles. The SMILES string of the molecule is O=C(O)CCCCCNc1nc2ccccc2s1. The lowest BCUT2D eigenvalue weighted by Crippen LogP contribution is -2.01. The Balaban J connectivity index is 1.72. The largest absolute Gasteiger partial charge is 0.481 e. The lowest BCUT2D eigenvalue weighted by molar-refractivity contribution is -0.137. The smallest absolute Gasteiger partial charge is 0.303 e. The van der Waals surface area contributed by atoms with Crippen LogP contribution >= 0.6 is 11.3 Å². The monoisotopic (exact) mass is 264 g/mol. The highest BCUT2D eigenvalue weighted by Crippen LogP contribution is 2.25. The van der Waals surface area contributed by atoms with E-state index >= 15 is 0 Å². The van der Waals surface area contributed by atoms with Crippen molar-refractivity contribution in [2.45, 2.75) is 25.7 Å². The van der Waals surface area contributed by atoms with Crippen molar-refractivity contribution in [1.82, 2.24) is 4.98 Å². The number of nitrogens with zero attached hydrogens (tertiary/aromatic N) is 1. The summed E-state index contributed by atoms with van der Waals surface area (Å²) in [4.78, 5) is 14.8. The quantitative estimate of drug-likeness (QED) is 0.753. The van der Waals surface area contributed by atoms with Gasteiger partial charge in [0.05, 0.1) is 10.2 Å². The van der Waals surface area contributed by atoms with E-state index in [1.165, 1.54) is 4.70 Å². The van der Waals surface area contributed by atoms with Gasteiger partial charge >= 0.3 is 5.97 Å². The van der Waals surface area contributed by atoms with Gasteiger partial charge in [-0.2, -0.15) is 0 Å². The number of carboxylic acids is 1. The molecule has 0 saturated heterocycles. The molecule has 2 rings (SSSR count). The number of benzene rings is 1. The number of para-hydroxylation sites is 1. The van der Waals surface area contributed by atoms with Crippen molar-refractivity contribution in [3.8, 4) is 0 Å². The number of fused-ring (bicyclic) bond motifs is 1. The molecule has 2 N–H and O–H groups in total. The van der Waals surface area contributed by atoms with Gasteiger partial charge in [0.25, 0.3) is 0 Å². The number of carbonyl (C=O) groups is 1. The maximum absolute atomic E-state index is 10.3. The first-order valence-corrected chi connectivity index (χ1v) is 6.88. The van der Waals surface area contributed by atoms with Crippen LogP contribution in [0.1, 0.15) is 25.7 Å². The topological polar surface area (TPSA) is 62.2 Å². The molecule has 0 saturated carbocycles. The van der Waals surface area contributed by atoms with Crippen LogP contribution in [-0.4, -0.2) is 22.6 Å². The van der Waals surface area contributed by atoms with E-state index < -0.39 is 5.97 Å². The van der Waals surface area contributed by atoms with Crippen LogP contribution in [0.2, 0.25) is 0 Å². The van der Waals surface area contributed by atoms with Gasteiger partial charge in [0.1, 0.15) is 0 Å². The highest BCUT2D eigenvalue weighted by Gasteiger charge is 2.02. The fraction of sp³-hybridized carbons (Fsp3) is 0.385. The predicted octanol–water partition coefficient (Wildman–Crippen LogP) is 3.35. The Kier molecular flexibility index (Phi) is 4.52. The molecule has 0 aliphatic heterocycles. The molecule has 4 nitrogen and oxygen atoms in total. The number of thiazole rings is 1. The van der Waals surface area contributed by atoms with Crippen LogP contribution in [0.5, 0.6) is 0 Å². The van der Waals surface area contributed by atoms with E-state index in [0.717, 1.165) is 36.5 Å². The van der Waals surface area contributed by atoms with Gasteiger partial charge in [-0.1, -0.05) is 29.9 Å². The summed E-state index contributed by atoms with van der Waals surface area (Å²) in [6, 6.07) is 8.06. The second-order valence-corrected chi connectivity index (χ2v) is 5.15. The molecule has 2 aromatic rings. The van der Waals surface area contributed by atoms with E-state index in [-0.39, 0.29) is 6.42 Å². The van der Waals surface area contributed by atoms with Crippen molar-refractivity contribution >= 4 is 32.7 Å². The molecule has 18 heavy (non-hydrogen) atoms. The van der Waals surface area contributed by atoms with E-state index in [2.05, 4.69) is 16.4 Å². The summed E-state index contributed by atoms with van der Waals surface area (Å²) in [7, 11) is 0. The third kappa shape index (κ3) is 3.70. The maximum atomic E-state index is 10.3. The highest BCUT2D eigenvalue weighted by atomic mass is 32.1. The van der Waals surface area contributed by atoms with Crippen LogP contribution in [0.4, 0.5) is 5.13 Å². The Bertz CT molecular complexity index is 491. The molecular weight excluding hydrogens is 248 g/mol. The standard InChI is InChI=1S/C13H16N2O2S/c16-12(17)8-2-1-5-9-14-13-15-10-6-3-4-7-11(10)18-13/h3-4,6-7H,1-2,5,8-9H2,(H,14,15)(H,16,17). The molecule has 0 amide bonds. The van der Waals surface area contributed by atoms with Crippen molar-refractivity contribution in [3.63, 3.8) is 0 Å². The summed E-state index contributed by atoms with van der Waals surface area (Å²) in [6.45, 7) is 0.847. The van der Waals surface area contributed by atoms with E-state index in [9.17, 15) is 4.79 Å². The minimum Gasteiger partial charge on any atom is -0.481 e. The number of aromatic nitrogens is 1. The van der Waals surface area contributed by atoms with Crippen LogP contribution in [0.3, 0.4) is 0 Å². The molecule has 96 valence electrons. The second kappa shape index (κ2) is 6.35. The molecule has 0 atom stereocenters. The molecule has 0 radical (unpaired) electrons. The summed E-state index contributed by atoms with van der Waals surface area (Å²) in [5, 5.41) is 12.7. The summed E-state index contributed by atoms with van der Waals surface area (Å²) in [5.41, 5.74) is 1.02. The first-order valence-electron chi connectivity index (χ1n) is 6.07. The normalized spacial score (nSPS) is 10.7. The lowest BCUT2D eigenvalue weighted by Gasteiger charge is -2.01. The maximum Gasteiger partial charge on any atom is 0.303 e. The molecule has 0 spiro atoms. The van der Waals surface area contributed by atoms with Gasteiger partial charge in [-0.05, 0) is 25.0 Å². The van der Waals surface area contributed by atoms with E-state index in [1.807, 2.05) is 18.2 Å². The average molecular weight is 264 g/mol. The molecule has 0 aliphatic carbocycles.